The van der Waals surface area contributed by atoms with Gasteiger partial charge in [-0.15, -0.1) is 0 Å². The Kier molecular flexibility index (Phi) is 7.51. The van der Waals surface area contributed by atoms with E-state index in [9.17, 15) is 18.0 Å². The van der Waals surface area contributed by atoms with E-state index in [2.05, 4.69) is 0 Å². The number of hydrogen-bond acceptors (Lipinski definition) is 5. The highest BCUT2D eigenvalue weighted by atomic mass is 32.2. The maximum Gasteiger partial charge on any atom is 0.256 e. The van der Waals surface area contributed by atoms with Gasteiger partial charge in [-0.3, -0.25) is 14.5 Å². The molecule has 0 aliphatic carbocycles. The van der Waals surface area contributed by atoms with Crippen LogP contribution in [0, 0.1) is 0 Å². The number of hydrogen-bond donors (Lipinski definition) is 0. The fourth-order valence-electron chi connectivity index (χ4n) is 4.28. The van der Waals surface area contributed by atoms with Crippen molar-refractivity contribution < 1.29 is 22.7 Å². The van der Waals surface area contributed by atoms with Crippen LogP contribution in [0.4, 0.5) is 5.69 Å². The Balaban J connectivity index is 1.66. The summed E-state index contributed by atoms with van der Waals surface area (Å²) in [5, 5.41) is 0. The molecule has 1 aliphatic rings. The van der Waals surface area contributed by atoms with E-state index in [0.29, 0.717) is 23.4 Å². The molecule has 1 saturated heterocycles. The van der Waals surface area contributed by atoms with E-state index in [0.717, 1.165) is 12.8 Å². The third-order valence-corrected chi connectivity index (χ3v) is 7.73. The maximum atomic E-state index is 13.6. The van der Waals surface area contributed by atoms with Crippen LogP contribution in [0.2, 0.25) is 0 Å². The van der Waals surface area contributed by atoms with Crippen molar-refractivity contribution in [2.45, 2.75) is 24.8 Å². The van der Waals surface area contributed by atoms with Gasteiger partial charge >= 0.3 is 0 Å². The molecule has 0 radical (unpaired) electrons. The highest BCUT2D eigenvalue weighted by molar-refractivity contribution is 7.93. The van der Waals surface area contributed by atoms with Crippen LogP contribution in [0.15, 0.2) is 84.9 Å². The second-order valence-corrected chi connectivity index (χ2v) is 10.4. The minimum Gasteiger partial charge on any atom is -0.497 e. The normalized spacial score (nSPS) is 16.8. The summed E-state index contributed by atoms with van der Waals surface area (Å²) in [6.45, 7) is 0.193. The van der Waals surface area contributed by atoms with Crippen molar-refractivity contribution in [3.05, 3.63) is 96.1 Å². The summed E-state index contributed by atoms with van der Waals surface area (Å²) in [6.07, 6.45) is 2.16. The minimum absolute atomic E-state index is 0.193. The second-order valence-electron chi connectivity index (χ2n) is 8.41. The first kappa shape index (κ1) is 24.5. The highest BCUT2D eigenvalue weighted by Crippen LogP contribution is 2.32. The number of amides is 2. The molecule has 2 amide bonds. The topological polar surface area (TPSA) is 84.0 Å². The second kappa shape index (κ2) is 10.7. The minimum atomic E-state index is -3.95. The molecule has 1 heterocycles. The molecule has 3 aromatic carbocycles. The molecular weight excluding hydrogens is 464 g/mol. The average molecular weight is 493 g/mol. The number of rotatable bonds is 9. The van der Waals surface area contributed by atoms with Crippen molar-refractivity contribution in [1.82, 2.24) is 4.90 Å². The van der Waals surface area contributed by atoms with Gasteiger partial charge < -0.3 is 9.64 Å². The molecule has 1 atom stereocenters. The van der Waals surface area contributed by atoms with Gasteiger partial charge in [-0.25, -0.2) is 8.42 Å². The lowest BCUT2D eigenvalue weighted by Crippen LogP contribution is -2.52. The number of unbranched alkanes of at least 4 members (excludes halogenated alkanes) is 1. The van der Waals surface area contributed by atoms with Crippen LogP contribution in [-0.2, 0) is 21.1 Å². The first-order valence-corrected chi connectivity index (χ1v) is 13.2. The molecule has 0 saturated carbocycles. The monoisotopic (exact) mass is 492 g/mol. The van der Waals surface area contributed by atoms with Crippen molar-refractivity contribution in [3.63, 3.8) is 0 Å². The number of methoxy groups -OCH3 is 1. The van der Waals surface area contributed by atoms with Gasteiger partial charge in [0.1, 0.15) is 11.5 Å². The Bertz CT molecular complexity index is 1280. The van der Waals surface area contributed by atoms with Crippen LogP contribution in [0.5, 0.6) is 5.75 Å². The number of anilines is 1. The smallest absolute Gasteiger partial charge is 0.256 e. The summed E-state index contributed by atoms with van der Waals surface area (Å²) in [5.74, 6) is -1.17. The van der Waals surface area contributed by atoms with E-state index < -0.39 is 32.9 Å². The van der Waals surface area contributed by atoms with E-state index in [1.807, 2.05) is 30.3 Å². The first-order valence-electron chi connectivity index (χ1n) is 11.5. The molecule has 35 heavy (non-hydrogen) atoms. The lowest BCUT2D eigenvalue weighted by molar-refractivity contribution is -0.116. The molecule has 8 heteroatoms. The van der Waals surface area contributed by atoms with Crippen molar-refractivity contribution in [1.29, 1.82) is 0 Å². The summed E-state index contributed by atoms with van der Waals surface area (Å²) in [7, 11) is -2.46. The van der Waals surface area contributed by atoms with E-state index in [-0.39, 0.29) is 6.54 Å². The van der Waals surface area contributed by atoms with Crippen LogP contribution < -0.4 is 9.64 Å². The van der Waals surface area contributed by atoms with Gasteiger partial charge in [0.25, 0.3) is 5.91 Å². The van der Waals surface area contributed by atoms with Crippen LogP contribution in [0.1, 0.15) is 28.8 Å². The molecule has 3 aromatic rings. The number of nitrogens with zero attached hydrogens (tertiary/aromatic N) is 2. The molecule has 0 bridgehead atoms. The molecule has 7 nitrogen and oxygen atoms in total. The van der Waals surface area contributed by atoms with Crippen molar-refractivity contribution >= 4 is 27.3 Å². The van der Waals surface area contributed by atoms with Crippen LogP contribution in [0.25, 0.3) is 0 Å². The lowest BCUT2D eigenvalue weighted by atomic mass is 10.1. The first-order chi connectivity index (χ1) is 16.9. The van der Waals surface area contributed by atoms with Gasteiger partial charge in [-0.05, 0) is 49.1 Å². The van der Waals surface area contributed by atoms with E-state index in [1.165, 1.54) is 22.5 Å². The Morgan fingerprint density at radius 3 is 2.34 bits per heavy atom. The number of ether oxygens (including phenoxy) is 1. The van der Waals surface area contributed by atoms with Crippen LogP contribution in [-0.4, -0.2) is 50.0 Å². The van der Waals surface area contributed by atoms with E-state index >= 15 is 0 Å². The predicted molar refractivity (Wildman–Crippen MR) is 135 cm³/mol. The lowest BCUT2D eigenvalue weighted by Gasteiger charge is -2.34. The average Bonchev–Trinajstić information content (AvgIpc) is 3.12. The Morgan fingerprint density at radius 2 is 1.66 bits per heavy atom. The maximum absolute atomic E-state index is 13.6. The van der Waals surface area contributed by atoms with Gasteiger partial charge in [-0.1, -0.05) is 54.6 Å². The molecule has 1 fully saturated rings. The summed E-state index contributed by atoms with van der Waals surface area (Å²) in [6, 6.07) is 25.2. The number of sulfone groups is 1. The quantitative estimate of drug-likeness (QED) is 0.423. The Morgan fingerprint density at radius 1 is 0.971 bits per heavy atom. The fraction of sp³-hybridized carbons (Fsp3) is 0.259. The molecule has 182 valence electrons. The van der Waals surface area contributed by atoms with Gasteiger partial charge in [0.05, 0.1) is 12.8 Å². The summed E-state index contributed by atoms with van der Waals surface area (Å²) in [4.78, 5) is 29.1. The molecule has 0 aromatic heterocycles. The van der Waals surface area contributed by atoms with Crippen molar-refractivity contribution in [2.24, 2.45) is 0 Å². The number of carbonyl (C=O) groups is 2. The van der Waals surface area contributed by atoms with Gasteiger partial charge in [-0.2, -0.15) is 0 Å². The number of carbonyl (C=O) groups excluding carboxylic acids is 2. The van der Waals surface area contributed by atoms with Crippen molar-refractivity contribution in [3.8, 4) is 5.75 Å². The third-order valence-electron chi connectivity index (χ3n) is 5.97. The van der Waals surface area contributed by atoms with Crippen LogP contribution >= 0.6 is 0 Å². The van der Waals surface area contributed by atoms with E-state index in [1.54, 1.807) is 54.6 Å². The van der Waals surface area contributed by atoms with Gasteiger partial charge in [0.15, 0.2) is 9.84 Å². The molecule has 1 aliphatic heterocycles. The summed E-state index contributed by atoms with van der Waals surface area (Å²) < 4.78 is 31.8. The fourth-order valence-corrected chi connectivity index (χ4v) is 6.06. The van der Waals surface area contributed by atoms with Gasteiger partial charge in [0.2, 0.25) is 11.4 Å². The number of benzene rings is 3. The Hall–Kier alpha value is -3.65. The molecule has 4 rings (SSSR count). The molecule has 0 spiro atoms. The molecular formula is C27H28N2O5S. The van der Waals surface area contributed by atoms with E-state index in [4.69, 9.17) is 4.74 Å². The summed E-state index contributed by atoms with van der Waals surface area (Å²) >= 11 is 0. The number of aryl methyl sites for hydroxylation is 1. The third kappa shape index (κ3) is 5.54. The zero-order chi connectivity index (χ0) is 24.8. The SMILES string of the molecule is COc1cccc(N2C(=O)CS(=O)(=O)C2N(CCCCc2ccccc2)C(=O)c2ccccc2)c1. The Labute approximate surface area is 205 Å². The highest BCUT2D eigenvalue weighted by Gasteiger charge is 2.49. The zero-order valence-corrected chi connectivity index (χ0v) is 20.4. The largest absolute Gasteiger partial charge is 0.497 e. The molecule has 1 unspecified atom stereocenters. The summed E-state index contributed by atoms with van der Waals surface area (Å²) in [5.41, 5.74) is 0.493. The van der Waals surface area contributed by atoms with Crippen molar-refractivity contribution in [2.75, 3.05) is 24.3 Å². The standard InChI is InChI=1S/C27H28N2O5S/c1-34-24-17-10-16-23(19-24)29-25(30)20-35(32,33)27(29)28(26(31)22-14-6-3-7-15-22)18-9-8-13-21-11-4-2-5-12-21/h2-7,10-12,14-17,19,27H,8-9,13,18,20H2,1H3. The zero-order valence-electron chi connectivity index (χ0n) is 19.5. The predicted octanol–water partition coefficient (Wildman–Crippen LogP) is 3.91. The van der Waals surface area contributed by atoms with Crippen LogP contribution in [0.3, 0.4) is 0 Å². The van der Waals surface area contributed by atoms with Gasteiger partial charge in [0, 0.05) is 18.2 Å². The molecule has 0 N–H and O–H groups in total.